The Bertz CT molecular complexity index is 255. The Balaban J connectivity index is 2.44. The van der Waals surface area contributed by atoms with E-state index in [1.807, 2.05) is 6.07 Å². The third-order valence-corrected chi connectivity index (χ3v) is 4.12. The van der Waals surface area contributed by atoms with E-state index in [4.69, 9.17) is 11.6 Å². The minimum Gasteiger partial charge on any atom is -0.147 e. The van der Waals surface area contributed by atoms with Gasteiger partial charge in [0.2, 0.25) is 0 Å². The zero-order chi connectivity index (χ0) is 10.4. The highest BCUT2D eigenvalue weighted by Gasteiger charge is 2.10. The number of halogens is 1. The van der Waals surface area contributed by atoms with Gasteiger partial charge in [-0.1, -0.05) is 51.1 Å². The zero-order valence-corrected chi connectivity index (χ0v) is 10.6. The molecule has 1 heterocycles. The Kier molecular flexibility index (Phi) is 5.57. The van der Waals surface area contributed by atoms with E-state index in [0.717, 1.165) is 10.9 Å². The Morgan fingerprint density at radius 3 is 2.71 bits per heavy atom. The molecule has 0 nitrogen and oxygen atoms in total. The number of thiophene rings is 1. The average Bonchev–Trinajstić information content (AvgIpc) is 2.59. The van der Waals surface area contributed by atoms with Crippen LogP contribution >= 0.6 is 22.9 Å². The fraction of sp³-hybridized carbons (Fsp3) is 0.667. The minimum atomic E-state index is 0.825. The molecular weight excluding hydrogens is 212 g/mol. The van der Waals surface area contributed by atoms with Crippen LogP contribution in [0.15, 0.2) is 11.4 Å². The maximum absolute atomic E-state index is 6.09. The van der Waals surface area contributed by atoms with Gasteiger partial charge in [-0.2, -0.15) is 0 Å². The standard InChI is InChI=1S/C12H19ClS/c1-3-5-6-10(4-2)9-12-11(13)7-8-14-12/h7-8,10H,3-6,9H2,1-2H3. The van der Waals surface area contributed by atoms with E-state index in [1.54, 1.807) is 11.3 Å². The monoisotopic (exact) mass is 230 g/mol. The number of hydrogen-bond donors (Lipinski definition) is 0. The highest BCUT2D eigenvalue weighted by atomic mass is 35.5. The van der Waals surface area contributed by atoms with Gasteiger partial charge in [0.25, 0.3) is 0 Å². The summed E-state index contributed by atoms with van der Waals surface area (Å²) in [6.45, 7) is 4.53. The van der Waals surface area contributed by atoms with Gasteiger partial charge < -0.3 is 0 Å². The van der Waals surface area contributed by atoms with Crippen LogP contribution in [-0.4, -0.2) is 0 Å². The molecule has 2 heteroatoms. The Morgan fingerprint density at radius 2 is 2.21 bits per heavy atom. The highest BCUT2D eigenvalue weighted by Crippen LogP contribution is 2.27. The van der Waals surface area contributed by atoms with Crippen LogP contribution in [0.5, 0.6) is 0 Å². The van der Waals surface area contributed by atoms with Crippen LogP contribution in [-0.2, 0) is 6.42 Å². The summed E-state index contributed by atoms with van der Waals surface area (Å²) in [7, 11) is 0. The summed E-state index contributed by atoms with van der Waals surface area (Å²) in [5.41, 5.74) is 0. The van der Waals surface area contributed by atoms with E-state index in [9.17, 15) is 0 Å². The molecule has 0 saturated carbocycles. The molecule has 1 unspecified atom stereocenters. The summed E-state index contributed by atoms with van der Waals surface area (Å²) in [6.07, 6.45) is 6.44. The molecule has 80 valence electrons. The summed E-state index contributed by atoms with van der Waals surface area (Å²) in [6, 6.07) is 2.01. The summed E-state index contributed by atoms with van der Waals surface area (Å²) in [5, 5.41) is 3.05. The van der Waals surface area contributed by atoms with E-state index in [0.29, 0.717) is 0 Å². The first-order valence-electron chi connectivity index (χ1n) is 5.49. The first-order chi connectivity index (χ1) is 6.77. The molecule has 0 N–H and O–H groups in total. The Labute approximate surface area is 96.3 Å². The molecule has 1 rings (SSSR count). The molecule has 0 aromatic carbocycles. The Morgan fingerprint density at radius 1 is 1.43 bits per heavy atom. The summed E-state index contributed by atoms with van der Waals surface area (Å²) >= 11 is 7.88. The van der Waals surface area contributed by atoms with Crippen LogP contribution in [0.3, 0.4) is 0 Å². The van der Waals surface area contributed by atoms with Crippen molar-refractivity contribution in [3.05, 3.63) is 21.3 Å². The molecule has 1 atom stereocenters. The third-order valence-electron chi connectivity index (χ3n) is 2.71. The van der Waals surface area contributed by atoms with E-state index in [-0.39, 0.29) is 0 Å². The van der Waals surface area contributed by atoms with Crippen molar-refractivity contribution < 1.29 is 0 Å². The van der Waals surface area contributed by atoms with Gasteiger partial charge in [-0.05, 0) is 23.8 Å². The van der Waals surface area contributed by atoms with Crippen molar-refractivity contribution in [2.24, 2.45) is 5.92 Å². The molecule has 0 aliphatic carbocycles. The maximum Gasteiger partial charge on any atom is 0.0545 e. The van der Waals surface area contributed by atoms with E-state index < -0.39 is 0 Å². The van der Waals surface area contributed by atoms with Gasteiger partial charge in [0.05, 0.1) is 5.02 Å². The molecule has 0 aliphatic rings. The molecule has 0 aliphatic heterocycles. The SMILES string of the molecule is CCCCC(CC)Cc1sccc1Cl. The zero-order valence-electron chi connectivity index (χ0n) is 9.05. The van der Waals surface area contributed by atoms with Crippen molar-refractivity contribution in [3.8, 4) is 0 Å². The molecular formula is C12H19ClS. The normalized spacial score (nSPS) is 13.1. The molecule has 1 aromatic rings. The van der Waals surface area contributed by atoms with Crippen molar-refractivity contribution in [2.75, 3.05) is 0 Å². The quantitative estimate of drug-likeness (QED) is 0.633. The number of unbranched alkanes of at least 4 members (excludes halogenated alkanes) is 1. The van der Waals surface area contributed by atoms with Crippen molar-refractivity contribution in [2.45, 2.75) is 46.0 Å². The van der Waals surface area contributed by atoms with Gasteiger partial charge in [0, 0.05) is 4.88 Å². The van der Waals surface area contributed by atoms with Gasteiger partial charge >= 0.3 is 0 Å². The largest absolute Gasteiger partial charge is 0.147 e. The van der Waals surface area contributed by atoms with E-state index >= 15 is 0 Å². The number of rotatable bonds is 6. The van der Waals surface area contributed by atoms with Crippen LogP contribution in [0.4, 0.5) is 0 Å². The van der Waals surface area contributed by atoms with E-state index in [1.165, 1.54) is 37.0 Å². The predicted molar refractivity (Wildman–Crippen MR) is 66.3 cm³/mol. The molecule has 0 bridgehead atoms. The van der Waals surface area contributed by atoms with Crippen molar-refractivity contribution in [1.29, 1.82) is 0 Å². The molecule has 0 radical (unpaired) electrons. The number of hydrogen-bond acceptors (Lipinski definition) is 1. The van der Waals surface area contributed by atoms with Crippen LogP contribution in [0, 0.1) is 5.92 Å². The van der Waals surface area contributed by atoms with Crippen LogP contribution in [0.25, 0.3) is 0 Å². The lowest BCUT2D eigenvalue weighted by atomic mass is 9.95. The van der Waals surface area contributed by atoms with Gasteiger partial charge in [0.1, 0.15) is 0 Å². The molecule has 0 spiro atoms. The van der Waals surface area contributed by atoms with Gasteiger partial charge in [-0.25, -0.2) is 0 Å². The van der Waals surface area contributed by atoms with Gasteiger partial charge in [-0.3, -0.25) is 0 Å². The second-order valence-corrected chi connectivity index (χ2v) is 5.22. The predicted octanol–water partition coefficient (Wildman–Crippen LogP) is 5.16. The minimum absolute atomic E-state index is 0.825. The lowest BCUT2D eigenvalue weighted by molar-refractivity contribution is 0.452. The lowest BCUT2D eigenvalue weighted by Gasteiger charge is -2.13. The molecule has 0 amide bonds. The van der Waals surface area contributed by atoms with E-state index in [2.05, 4.69) is 19.2 Å². The summed E-state index contributed by atoms with van der Waals surface area (Å²) in [5.74, 6) is 0.825. The smallest absolute Gasteiger partial charge is 0.0545 e. The van der Waals surface area contributed by atoms with Crippen LogP contribution < -0.4 is 0 Å². The van der Waals surface area contributed by atoms with Gasteiger partial charge in [-0.15, -0.1) is 11.3 Å². The molecule has 0 saturated heterocycles. The maximum atomic E-state index is 6.09. The second kappa shape index (κ2) is 6.47. The van der Waals surface area contributed by atoms with Gasteiger partial charge in [0.15, 0.2) is 0 Å². The first-order valence-corrected chi connectivity index (χ1v) is 6.75. The molecule has 0 fully saturated rings. The topological polar surface area (TPSA) is 0 Å². The average molecular weight is 231 g/mol. The Hall–Kier alpha value is -0.0100. The third kappa shape index (κ3) is 3.62. The summed E-state index contributed by atoms with van der Waals surface area (Å²) < 4.78 is 0. The fourth-order valence-corrected chi connectivity index (χ4v) is 2.91. The summed E-state index contributed by atoms with van der Waals surface area (Å²) in [4.78, 5) is 1.37. The molecule has 14 heavy (non-hydrogen) atoms. The molecule has 1 aromatic heterocycles. The van der Waals surface area contributed by atoms with Crippen LogP contribution in [0.1, 0.15) is 44.4 Å². The van der Waals surface area contributed by atoms with Crippen molar-refractivity contribution in [1.82, 2.24) is 0 Å². The lowest BCUT2D eigenvalue weighted by Crippen LogP contribution is -2.02. The van der Waals surface area contributed by atoms with Crippen molar-refractivity contribution in [3.63, 3.8) is 0 Å². The fourth-order valence-electron chi connectivity index (χ4n) is 1.68. The van der Waals surface area contributed by atoms with Crippen LogP contribution in [0.2, 0.25) is 5.02 Å². The first kappa shape index (κ1) is 12.1. The van der Waals surface area contributed by atoms with Crippen molar-refractivity contribution >= 4 is 22.9 Å². The second-order valence-electron chi connectivity index (χ2n) is 3.81. The highest BCUT2D eigenvalue weighted by molar-refractivity contribution is 7.10.